The number of hydrogen-bond acceptors (Lipinski definition) is 3. The maximum Gasteiger partial charge on any atom is 0.144 e. The average molecular weight is 285 g/mol. The zero-order valence-electron chi connectivity index (χ0n) is 13.4. The van der Waals surface area contributed by atoms with Crippen LogP contribution in [0.4, 0.5) is 5.82 Å². The first-order chi connectivity index (χ1) is 10.2. The van der Waals surface area contributed by atoms with E-state index < -0.39 is 0 Å². The normalized spacial score (nSPS) is 13.2. The molecule has 1 N–H and O–H groups in total. The smallest absolute Gasteiger partial charge is 0.144 e. The van der Waals surface area contributed by atoms with Crippen LogP contribution in [0, 0.1) is 17.2 Å². The fraction of sp³-hybridized carbons (Fsp3) is 0.667. The third-order valence-corrected chi connectivity index (χ3v) is 4.17. The van der Waals surface area contributed by atoms with E-state index in [0.29, 0.717) is 5.56 Å². The SMILES string of the molecule is CC(C)CCCCCCNc1nc2c(cc1C#N)CCC2. The Kier molecular flexibility index (Phi) is 6.04. The third-order valence-electron chi connectivity index (χ3n) is 4.17. The Hall–Kier alpha value is -1.56. The Bertz CT molecular complexity index is 500. The van der Waals surface area contributed by atoms with E-state index in [1.54, 1.807) is 0 Å². The molecule has 114 valence electrons. The maximum absolute atomic E-state index is 9.24. The van der Waals surface area contributed by atoms with Crippen molar-refractivity contribution in [3.63, 3.8) is 0 Å². The van der Waals surface area contributed by atoms with E-state index in [2.05, 4.69) is 30.2 Å². The molecule has 1 aromatic rings. The molecule has 0 radical (unpaired) electrons. The summed E-state index contributed by atoms with van der Waals surface area (Å²) in [6.07, 6.45) is 9.69. The summed E-state index contributed by atoms with van der Waals surface area (Å²) < 4.78 is 0. The van der Waals surface area contributed by atoms with Gasteiger partial charge in [-0.15, -0.1) is 0 Å². The number of nitriles is 1. The van der Waals surface area contributed by atoms with Crippen LogP contribution in [0.3, 0.4) is 0 Å². The molecular formula is C18H27N3. The van der Waals surface area contributed by atoms with Crippen molar-refractivity contribution < 1.29 is 0 Å². The largest absolute Gasteiger partial charge is 0.369 e. The second-order valence-electron chi connectivity index (χ2n) is 6.48. The minimum atomic E-state index is 0.704. The molecule has 0 saturated carbocycles. The second-order valence-corrected chi connectivity index (χ2v) is 6.48. The van der Waals surface area contributed by atoms with Crippen molar-refractivity contribution in [1.29, 1.82) is 5.26 Å². The Morgan fingerprint density at radius 2 is 2.05 bits per heavy atom. The Labute approximate surface area is 128 Å². The van der Waals surface area contributed by atoms with Gasteiger partial charge in [0.05, 0.1) is 5.56 Å². The number of unbranched alkanes of at least 4 members (excludes halogenated alkanes) is 3. The van der Waals surface area contributed by atoms with Crippen molar-refractivity contribution in [1.82, 2.24) is 4.98 Å². The molecule has 2 rings (SSSR count). The molecule has 0 aliphatic heterocycles. The molecule has 0 spiro atoms. The van der Waals surface area contributed by atoms with Gasteiger partial charge >= 0.3 is 0 Å². The first-order valence-electron chi connectivity index (χ1n) is 8.37. The zero-order chi connectivity index (χ0) is 15.1. The van der Waals surface area contributed by atoms with Gasteiger partial charge in [0.25, 0.3) is 0 Å². The van der Waals surface area contributed by atoms with Gasteiger partial charge in [0.15, 0.2) is 0 Å². The zero-order valence-corrected chi connectivity index (χ0v) is 13.4. The van der Waals surface area contributed by atoms with Gasteiger partial charge in [0.1, 0.15) is 11.9 Å². The van der Waals surface area contributed by atoms with Crippen molar-refractivity contribution in [2.24, 2.45) is 5.92 Å². The predicted molar refractivity (Wildman–Crippen MR) is 87.4 cm³/mol. The molecule has 3 nitrogen and oxygen atoms in total. The van der Waals surface area contributed by atoms with E-state index in [9.17, 15) is 5.26 Å². The quantitative estimate of drug-likeness (QED) is 0.717. The molecular weight excluding hydrogens is 258 g/mol. The van der Waals surface area contributed by atoms with E-state index in [-0.39, 0.29) is 0 Å². The minimum Gasteiger partial charge on any atom is -0.369 e. The van der Waals surface area contributed by atoms with Crippen LogP contribution in [-0.2, 0) is 12.8 Å². The summed E-state index contributed by atoms with van der Waals surface area (Å²) in [6.45, 7) is 5.48. The summed E-state index contributed by atoms with van der Waals surface area (Å²) in [7, 11) is 0. The van der Waals surface area contributed by atoms with Gasteiger partial charge in [-0.25, -0.2) is 4.98 Å². The second kappa shape index (κ2) is 8.02. The molecule has 3 heteroatoms. The number of fused-ring (bicyclic) bond motifs is 1. The van der Waals surface area contributed by atoms with E-state index in [1.165, 1.54) is 43.4 Å². The number of aromatic nitrogens is 1. The Balaban J connectivity index is 1.75. The van der Waals surface area contributed by atoms with Crippen LogP contribution in [-0.4, -0.2) is 11.5 Å². The molecule has 0 unspecified atom stereocenters. The number of hydrogen-bond donors (Lipinski definition) is 1. The Morgan fingerprint density at radius 3 is 2.81 bits per heavy atom. The summed E-state index contributed by atoms with van der Waals surface area (Å²) >= 11 is 0. The summed E-state index contributed by atoms with van der Waals surface area (Å²) in [4.78, 5) is 4.65. The highest BCUT2D eigenvalue weighted by atomic mass is 15.0. The van der Waals surface area contributed by atoms with E-state index in [1.807, 2.05) is 6.07 Å². The monoisotopic (exact) mass is 285 g/mol. The summed E-state index contributed by atoms with van der Waals surface area (Å²) in [6, 6.07) is 4.30. The molecule has 0 bridgehead atoms. The van der Waals surface area contributed by atoms with Crippen molar-refractivity contribution >= 4 is 5.82 Å². The van der Waals surface area contributed by atoms with Gasteiger partial charge in [-0.05, 0) is 43.2 Å². The summed E-state index contributed by atoms with van der Waals surface area (Å²) in [5, 5.41) is 12.6. The molecule has 1 aromatic heterocycles. The van der Waals surface area contributed by atoms with Crippen LogP contribution < -0.4 is 5.32 Å². The fourth-order valence-electron chi connectivity index (χ4n) is 2.93. The first-order valence-corrected chi connectivity index (χ1v) is 8.37. The lowest BCUT2D eigenvalue weighted by atomic mass is 10.0. The number of rotatable bonds is 8. The van der Waals surface area contributed by atoms with Crippen molar-refractivity contribution in [3.05, 3.63) is 22.9 Å². The lowest BCUT2D eigenvalue weighted by molar-refractivity contribution is 0.523. The topological polar surface area (TPSA) is 48.7 Å². The molecule has 21 heavy (non-hydrogen) atoms. The molecule has 0 amide bonds. The first kappa shape index (κ1) is 15.8. The number of pyridine rings is 1. The van der Waals surface area contributed by atoms with Gasteiger partial charge in [-0.2, -0.15) is 5.26 Å². The van der Waals surface area contributed by atoms with Gasteiger partial charge < -0.3 is 5.32 Å². The van der Waals surface area contributed by atoms with Crippen LogP contribution in [0.25, 0.3) is 0 Å². The van der Waals surface area contributed by atoms with E-state index in [0.717, 1.165) is 37.5 Å². The number of anilines is 1. The highest BCUT2D eigenvalue weighted by Crippen LogP contribution is 2.24. The summed E-state index contributed by atoms with van der Waals surface area (Å²) in [5.41, 5.74) is 3.16. The lowest BCUT2D eigenvalue weighted by Crippen LogP contribution is -2.07. The molecule has 1 heterocycles. The van der Waals surface area contributed by atoms with Gasteiger partial charge in [0, 0.05) is 12.2 Å². The van der Waals surface area contributed by atoms with Crippen molar-refractivity contribution in [2.75, 3.05) is 11.9 Å². The Morgan fingerprint density at radius 1 is 1.24 bits per heavy atom. The van der Waals surface area contributed by atoms with Crippen LogP contribution in [0.1, 0.15) is 69.2 Å². The van der Waals surface area contributed by atoms with E-state index >= 15 is 0 Å². The number of nitrogens with zero attached hydrogens (tertiary/aromatic N) is 2. The van der Waals surface area contributed by atoms with Crippen LogP contribution in [0.5, 0.6) is 0 Å². The lowest BCUT2D eigenvalue weighted by Gasteiger charge is -2.10. The summed E-state index contributed by atoms with van der Waals surface area (Å²) in [5.74, 6) is 1.61. The minimum absolute atomic E-state index is 0.704. The van der Waals surface area contributed by atoms with Crippen molar-refractivity contribution in [3.8, 4) is 6.07 Å². The highest BCUT2D eigenvalue weighted by Gasteiger charge is 2.15. The molecule has 0 saturated heterocycles. The third kappa shape index (κ3) is 4.74. The molecule has 1 aliphatic carbocycles. The highest BCUT2D eigenvalue weighted by molar-refractivity contribution is 5.55. The maximum atomic E-state index is 9.24. The van der Waals surface area contributed by atoms with E-state index in [4.69, 9.17) is 0 Å². The standard InChI is InChI=1S/C18H27N3/c1-14(2)8-5-3-4-6-11-20-18-16(13-19)12-15-9-7-10-17(15)21-18/h12,14H,3-11H2,1-2H3,(H,20,21). The van der Waals surface area contributed by atoms with Gasteiger partial charge in [0.2, 0.25) is 0 Å². The number of nitrogens with one attached hydrogen (secondary N) is 1. The van der Waals surface area contributed by atoms with Crippen LogP contribution in [0.2, 0.25) is 0 Å². The molecule has 0 aromatic carbocycles. The fourth-order valence-corrected chi connectivity index (χ4v) is 2.93. The predicted octanol–water partition coefficient (Wildman–Crippen LogP) is 4.46. The molecule has 0 fully saturated rings. The number of aryl methyl sites for hydroxylation is 2. The van der Waals surface area contributed by atoms with Crippen LogP contribution >= 0.6 is 0 Å². The molecule has 1 aliphatic rings. The van der Waals surface area contributed by atoms with Crippen molar-refractivity contribution in [2.45, 2.75) is 65.2 Å². The van der Waals surface area contributed by atoms with Gasteiger partial charge in [-0.1, -0.05) is 39.5 Å². The average Bonchev–Trinajstić information content (AvgIpc) is 2.92. The van der Waals surface area contributed by atoms with Gasteiger partial charge in [-0.3, -0.25) is 0 Å². The van der Waals surface area contributed by atoms with Crippen LogP contribution in [0.15, 0.2) is 6.07 Å². The molecule has 0 atom stereocenters.